The minimum Gasteiger partial charge on any atom is -0.434 e. The predicted molar refractivity (Wildman–Crippen MR) is 115 cm³/mol. The fourth-order valence-corrected chi connectivity index (χ4v) is 4.69. The zero-order chi connectivity index (χ0) is 22.0. The summed E-state index contributed by atoms with van der Waals surface area (Å²) in [5.74, 6) is -1.29. The molecule has 1 atom stereocenters. The van der Waals surface area contributed by atoms with Crippen molar-refractivity contribution in [2.24, 2.45) is 5.92 Å². The number of benzene rings is 2. The van der Waals surface area contributed by atoms with E-state index in [4.69, 9.17) is 11.6 Å². The molecule has 31 heavy (non-hydrogen) atoms. The van der Waals surface area contributed by atoms with Crippen molar-refractivity contribution >= 4 is 50.1 Å². The summed E-state index contributed by atoms with van der Waals surface area (Å²) in [6.45, 7) is -2.41. The van der Waals surface area contributed by atoms with Gasteiger partial charge in [0.05, 0.1) is 21.7 Å². The molecule has 2 heterocycles. The number of alkyl halides is 2. The van der Waals surface area contributed by atoms with Gasteiger partial charge >= 0.3 is 6.61 Å². The van der Waals surface area contributed by atoms with Crippen LogP contribution in [0, 0.1) is 5.92 Å². The Hall–Kier alpha value is -2.78. The summed E-state index contributed by atoms with van der Waals surface area (Å²) in [5, 5.41) is 3.87. The van der Waals surface area contributed by atoms with Crippen molar-refractivity contribution in [1.29, 1.82) is 0 Å². The number of nitrogens with zero attached hydrogens (tertiary/aromatic N) is 2. The van der Waals surface area contributed by atoms with Gasteiger partial charge in [0.1, 0.15) is 5.75 Å². The summed E-state index contributed by atoms with van der Waals surface area (Å²) >= 11 is 7.31. The van der Waals surface area contributed by atoms with E-state index in [2.05, 4.69) is 15.0 Å². The number of rotatable bonds is 5. The molecule has 1 aliphatic rings. The van der Waals surface area contributed by atoms with Crippen LogP contribution in [-0.2, 0) is 4.79 Å². The van der Waals surface area contributed by atoms with E-state index in [1.807, 2.05) is 0 Å². The Bertz CT molecular complexity index is 1120. The van der Waals surface area contributed by atoms with Crippen LogP contribution >= 0.6 is 22.9 Å². The lowest BCUT2D eigenvalue weighted by atomic mass is 9.96. The monoisotopic (exact) mass is 465 g/mol. The van der Waals surface area contributed by atoms with Gasteiger partial charge in [0, 0.05) is 18.1 Å². The zero-order valence-electron chi connectivity index (χ0n) is 16.2. The molecule has 10 heteroatoms. The number of likely N-dealkylation sites (tertiary alicyclic amines) is 1. The van der Waals surface area contributed by atoms with Crippen molar-refractivity contribution in [2.45, 2.75) is 19.5 Å². The highest BCUT2D eigenvalue weighted by Gasteiger charge is 2.30. The first-order valence-electron chi connectivity index (χ1n) is 9.61. The Labute approximate surface area is 185 Å². The number of thiazole rings is 1. The number of carbonyl (C=O) groups is 2. The second kappa shape index (κ2) is 9.15. The molecule has 1 unspecified atom stereocenters. The minimum absolute atomic E-state index is 0.0481. The van der Waals surface area contributed by atoms with Gasteiger partial charge in [0.2, 0.25) is 5.91 Å². The number of para-hydroxylation sites is 1. The third kappa shape index (κ3) is 4.94. The van der Waals surface area contributed by atoms with Gasteiger partial charge in [-0.2, -0.15) is 8.78 Å². The van der Waals surface area contributed by atoms with Crippen molar-refractivity contribution in [1.82, 2.24) is 9.88 Å². The Morgan fingerprint density at radius 1 is 1.26 bits per heavy atom. The minimum atomic E-state index is -3.03. The van der Waals surface area contributed by atoms with Crippen LogP contribution in [0.5, 0.6) is 5.75 Å². The Morgan fingerprint density at radius 3 is 2.87 bits per heavy atom. The number of amides is 2. The second-order valence-corrected chi connectivity index (χ2v) is 8.55. The summed E-state index contributed by atoms with van der Waals surface area (Å²) in [4.78, 5) is 31.6. The molecule has 1 saturated heterocycles. The maximum atomic E-state index is 12.9. The smallest absolute Gasteiger partial charge is 0.387 e. The highest BCUT2D eigenvalue weighted by molar-refractivity contribution is 7.22. The summed E-state index contributed by atoms with van der Waals surface area (Å²) in [6, 6.07) is 11.2. The molecular weight excluding hydrogens is 448 g/mol. The highest BCUT2D eigenvalue weighted by Crippen LogP contribution is 2.30. The van der Waals surface area contributed by atoms with Crippen molar-refractivity contribution in [3.8, 4) is 5.75 Å². The van der Waals surface area contributed by atoms with E-state index in [-0.39, 0.29) is 23.8 Å². The molecule has 0 bridgehead atoms. The number of piperidine rings is 1. The van der Waals surface area contributed by atoms with Crippen LogP contribution < -0.4 is 10.1 Å². The lowest BCUT2D eigenvalue weighted by Gasteiger charge is -2.32. The van der Waals surface area contributed by atoms with Crippen LogP contribution in [0.15, 0.2) is 42.5 Å². The van der Waals surface area contributed by atoms with Gasteiger partial charge in [0.25, 0.3) is 5.91 Å². The van der Waals surface area contributed by atoms with Gasteiger partial charge in [-0.15, -0.1) is 0 Å². The van der Waals surface area contributed by atoms with E-state index in [1.54, 1.807) is 24.3 Å². The van der Waals surface area contributed by atoms with E-state index >= 15 is 0 Å². The average Bonchev–Trinajstić information content (AvgIpc) is 3.14. The number of aromatic nitrogens is 1. The molecule has 162 valence electrons. The number of hydrogen-bond donors (Lipinski definition) is 1. The van der Waals surface area contributed by atoms with Gasteiger partial charge in [-0.25, -0.2) is 4.98 Å². The molecule has 2 amide bonds. The van der Waals surface area contributed by atoms with Crippen LogP contribution in [0.3, 0.4) is 0 Å². The van der Waals surface area contributed by atoms with E-state index in [0.717, 1.165) is 10.2 Å². The summed E-state index contributed by atoms with van der Waals surface area (Å²) in [5.41, 5.74) is 0.785. The summed E-state index contributed by atoms with van der Waals surface area (Å²) in [7, 11) is 0. The summed E-state index contributed by atoms with van der Waals surface area (Å²) in [6.07, 6.45) is 1.23. The molecule has 2 aromatic carbocycles. The molecule has 3 aromatic rings. The molecule has 0 spiro atoms. The number of nitrogens with one attached hydrogen (secondary N) is 1. The van der Waals surface area contributed by atoms with Gasteiger partial charge in [-0.3, -0.25) is 9.59 Å². The molecule has 1 aromatic heterocycles. The molecule has 4 rings (SSSR count). The van der Waals surface area contributed by atoms with Gasteiger partial charge in [-0.1, -0.05) is 35.1 Å². The average molecular weight is 466 g/mol. The quantitative estimate of drug-likeness (QED) is 0.573. The fourth-order valence-electron chi connectivity index (χ4n) is 3.55. The first-order valence-corrected chi connectivity index (χ1v) is 10.8. The van der Waals surface area contributed by atoms with Gasteiger partial charge < -0.3 is 15.0 Å². The SMILES string of the molecule is O=C(Nc1nc2ccc(Cl)cc2s1)C1CCCN(C(=O)c2ccccc2OC(F)F)C1. The van der Waals surface area contributed by atoms with E-state index in [0.29, 0.717) is 29.5 Å². The molecule has 1 fully saturated rings. The second-order valence-electron chi connectivity index (χ2n) is 7.09. The standard InChI is InChI=1S/C21H18ClF2N3O3S/c22-13-7-8-15-17(10-13)31-21(25-15)26-18(28)12-4-3-9-27(11-12)19(29)14-5-1-2-6-16(14)30-20(23)24/h1-2,5-8,10,12,20H,3-4,9,11H2,(H,25,26,28). The van der Waals surface area contributed by atoms with E-state index in [9.17, 15) is 18.4 Å². The topological polar surface area (TPSA) is 71.5 Å². The molecule has 0 radical (unpaired) electrons. The maximum Gasteiger partial charge on any atom is 0.387 e. The number of hydrogen-bond acceptors (Lipinski definition) is 5. The number of carbonyl (C=O) groups excluding carboxylic acids is 2. The normalized spacial score (nSPS) is 16.5. The van der Waals surface area contributed by atoms with Crippen LogP contribution in [-0.4, -0.2) is 41.4 Å². The number of anilines is 1. The number of halogens is 3. The Morgan fingerprint density at radius 2 is 2.06 bits per heavy atom. The Balaban J connectivity index is 1.45. The van der Waals surface area contributed by atoms with Crippen molar-refractivity contribution in [3.05, 3.63) is 53.1 Å². The predicted octanol–water partition coefficient (Wildman–Crippen LogP) is 5.04. The first kappa shape index (κ1) is 21.5. The lowest BCUT2D eigenvalue weighted by Crippen LogP contribution is -2.43. The van der Waals surface area contributed by atoms with Crippen LogP contribution in [0.25, 0.3) is 10.2 Å². The van der Waals surface area contributed by atoms with Gasteiger partial charge in [-0.05, 0) is 43.2 Å². The fraction of sp³-hybridized carbons (Fsp3) is 0.286. The molecule has 0 saturated carbocycles. The maximum absolute atomic E-state index is 12.9. The zero-order valence-corrected chi connectivity index (χ0v) is 17.8. The summed E-state index contributed by atoms with van der Waals surface area (Å²) < 4.78 is 30.7. The molecule has 0 aliphatic carbocycles. The Kier molecular flexibility index (Phi) is 6.33. The molecular formula is C21H18ClF2N3O3S. The van der Waals surface area contributed by atoms with Gasteiger partial charge in [0.15, 0.2) is 5.13 Å². The van der Waals surface area contributed by atoms with Crippen LogP contribution in [0.2, 0.25) is 5.02 Å². The largest absolute Gasteiger partial charge is 0.434 e. The van der Waals surface area contributed by atoms with E-state index in [1.165, 1.54) is 34.4 Å². The molecule has 1 aliphatic heterocycles. The van der Waals surface area contributed by atoms with Crippen LogP contribution in [0.1, 0.15) is 23.2 Å². The highest BCUT2D eigenvalue weighted by atomic mass is 35.5. The first-order chi connectivity index (χ1) is 14.9. The van der Waals surface area contributed by atoms with Crippen LogP contribution in [0.4, 0.5) is 13.9 Å². The molecule has 6 nitrogen and oxygen atoms in total. The lowest BCUT2D eigenvalue weighted by molar-refractivity contribution is -0.121. The van der Waals surface area contributed by atoms with E-state index < -0.39 is 18.4 Å². The van der Waals surface area contributed by atoms with Crippen molar-refractivity contribution in [2.75, 3.05) is 18.4 Å². The number of fused-ring (bicyclic) bond motifs is 1. The number of ether oxygens (including phenoxy) is 1. The van der Waals surface area contributed by atoms with Crippen molar-refractivity contribution in [3.63, 3.8) is 0 Å². The third-order valence-electron chi connectivity index (χ3n) is 4.99. The van der Waals surface area contributed by atoms with Crippen molar-refractivity contribution < 1.29 is 23.1 Å². The third-order valence-corrected chi connectivity index (χ3v) is 6.16. The molecule has 1 N–H and O–H groups in total.